The third-order valence-electron chi connectivity index (χ3n) is 3.95. The van der Waals surface area contributed by atoms with Gasteiger partial charge in [0.1, 0.15) is 12.2 Å². The number of amides is 1. The Kier molecular flexibility index (Phi) is 6.05. The lowest BCUT2D eigenvalue weighted by atomic mass is 10.1. The first-order valence-electron chi connectivity index (χ1n) is 8.48. The molecule has 0 aliphatic carbocycles. The van der Waals surface area contributed by atoms with Crippen LogP contribution in [0.1, 0.15) is 10.5 Å². The number of benzene rings is 2. The van der Waals surface area contributed by atoms with Gasteiger partial charge in [-0.2, -0.15) is 9.82 Å². The number of rotatable bonds is 7. The van der Waals surface area contributed by atoms with E-state index in [1.54, 1.807) is 6.07 Å². The number of carbonyl (C=O) groups excluding carboxylic acids is 2. The van der Waals surface area contributed by atoms with E-state index in [1.807, 2.05) is 30.3 Å². The van der Waals surface area contributed by atoms with Crippen molar-refractivity contribution < 1.29 is 22.7 Å². The number of anilines is 1. The van der Waals surface area contributed by atoms with E-state index in [0.717, 1.165) is 12.7 Å². The Morgan fingerprint density at radius 3 is 2.41 bits per heavy atom. The van der Waals surface area contributed by atoms with Gasteiger partial charge in [0.2, 0.25) is 10.0 Å². The second-order valence-electron chi connectivity index (χ2n) is 5.91. The second kappa shape index (κ2) is 8.67. The minimum absolute atomic E-state index is 0.0488. The highest BCUT2D eigenvalue weighted by atomic mass is 32.2. The predicted octanol–water partition coefficient (Wildman–Crippen LogP) is 1.78. The molecular weight excluding hydrogens is 396 g/mol. The van der Waals surface area contributed by atoms with Crippen molar-refractivity contribution in [3.05, 3.63) is 66.4 Å². The molecule has 3 aromatic rings. The maximum atomic E-state index is 12.4. The summed E-state index contributed by atoms with van der Waals surface area (Å²) in [5, 5.41) is 9.47. The number of ether oxygens (including phenoxy) is 1. The molecule has 29 heavy (non-hydrogen) atoms. The zero-order chi connectivity index (χ0) is 20.9. The highest BCUT2D eigenvalue weighted by molar-refractivity contribution is 7.89. The molecule has 9 nitrogen and oxygen atoms in total. The molecule has 1 heterocycles. The molecule has 0 saturated heterocycles. The van der Waals surface area contributed by atoms with Crippen LogP contribution in [0.4, 0.5) is 5.69 Å². The number of methoxy groups -OCH3 is 1. The molecule has 0 bridgehead atoms. The normalized spacial score (nSPS) is 11.1. The third-order valence-corrected chi connectivity index (χ3v) is 5.37. The number of nitrogens with one attached hydrogen (secondary N) is 3. The van der Waals surface area contributed by atoms with Gasteiger partial charge in [-0.3, -0.25) is 14.7 Å². The molecule has 150 valence electrons. The molecule has 1 amide bonds. The lowest BCUT2D eigenvalue weighted by Gasteiger charge is -2.07. The summed E-state index contributed by atoms with van der Waals surface area (Å²) in [6, 6.07) is 16.5. The van der Waals surface area contributed by atoms with Gasteiger partial charge in [0.15, 0.2) is 0 Å². The van der Waals surface area contributed by atoms with Crippen LogP contribution in [0.25, 0.3) is 11.3 Å². The average molecular weight is 414 g/mol. The van der Waals surface area contributed by atoms with E-state index >= 15 is 0 Å². The van der Waals surface area contributed by atoms with Crippen molar-refractivity contribution in [2.24, 2.45) is 0 Å². The summed E-state index contributed by atoms with van der Waals surface area (Å²) in [5.41, 5.74) is 2.17. The summed E-state index contributed by atoms with van der Waals surface area (Å²) < 4.78 is 30.8. The van der Waals surface area contributed by atoms with Crippen LogP contribution >= 0.6 is 0 Å². The third kappa shape index (κ3) is 5.06. The second-order valence-corrected chi connectivity index (χ2v) is 7.68. The van der Waals surface area contributed by atoms with Crippen molar-refractivity contribution in [2.75, 3.05) is 19.0 Å². The number of nitrogens with zero attached hydrogens (tertiary/aromatic N) is 1. The maximum absolute atomic E-state index is 12.4. The van der Waals surface area contributed by atoms with Crippen LogP contribution in [0.2, 0.25) is 0 Å². The Bertz CT molecular complexity index is 1110. The van der Waals surface area contributed by atoms with Crippen LogP contribution in [0, 0.1) is 0 Å². The van der Waals surface area contributed by atoms with Crippen molar-refractivity contribution in [1.82, 2.24) is 14.9 Å². The minimum Gasteiger partial charge on any atom is -0.468 e. The number of H-pyrrole nitrogens is 1. The molecule has 0 atom stereocenters. The molecule has 0 aliphatic heterocycles. The summed E-state index contributed by atoms with van der Waals surface area (Å²) in [6.07, 6.45) is 0. The summed E-state index contributed by atoms with van der Waals surface area (Å²) in [5.74, 6) is -1.12. The zero-order valence-corrected chi connectivity index (χ0v) is 16.2. The Labute approximate surface area is 167 Å². The number of aromatic nitrogens is 2. The van der Waals surface area contributed by atoms with Gasteiger partial charge in [-0.05, 0) is 30.3 Å². The monoisotopic (exact) mass is 414 g/mol. The number of carbonyl (C=O) groups is 2. The number of esters is 1. The van der Waals surface area contributed by atoms with Crippen LogP contribution in [-0.4, -0.2) is 44.1 Å². The Morgan fingerprint density at radius 2 is 1.76 bits per heavy atom. The van der Waals surface area contributed by atoms with Gasteiger partial charge in [-0.25, -0.2) is 8.42 Å². The molecule has 0 spiro atoms. The highest BCUT2D eigenvalue weighted by Gasteiger charge is 2.16. The molecule has 0 aliphatic rings. The SMILES string of the molecule is COC(=O)CNS(=O)(=O)c1ccc(NC(=O)c2cc(-c3ccccc3)n[nH]2)cc1. The van der Waals surface area contributed by atoms with Crippen molar-refractivity contribution >= 4 is 27.6 Å². The van der Waals surface area contributed by atoms with E-state index in [0.29, 0.717) is 11.4 Å². The first kappa shape index (κ1) is 20.2. The van der Waals surface area contributed by atoms with E-state index in [1.165, 1.54) is 24.3 Å². The lowest BCUT2D eigenvalue weighted by Crippen LogP contribution is -2.30. The molecule has 3 N–H and O–H groups in total. The van der Waals surface area contributed by atoms with Crippen molar-refractivity contribution in [3.63, 3.8) is 0 Å². The lowest BCUT2D eigenvalue weighted by molar-refractivity contribution is -0.139. The van der Waals surface area contributed by atoms with Gasteiger partial charge in [-0.1, -0.05) is 30.3 Å². The summed E-state index contributed by atoms with van der Waals surface area (Å²) >= 11 is 0. The Balaban J connectivity index is 1.66. The fraction of sp³-hybridized carbons (Fsp3) is 0.105. The summed E-state index contributed by atoms with van der Waals surface area (Å²) in [7, 11) is -2.71. The highest BCUT2D eigenvalue weighted by Crippen LogP contribution is 2.18. The van der Waals surface area contributed by atoms with Crippen LogP contribution in [0.5, 0.6) is 0 Å². The van der Waals surface area contributed by atoms with Gasteiger partial charge in [0.25, 0.3) is 5.91 Å². The molecule has 2 aromatic carbocycles. The molecular formula is C19H18N4O5S. The first-order valence-corrected chi connectivity index (χ1v) is 9.96. The van der Waals surface area contributed by atoms with Crippen LogP contribution in [-0.2, 0) is 19.6 Å². The van der Waals surface area contributed by atoms with Gasteiger partial charge in [0, 0.05) is 11.3 Å². The predicted molar refractivity (Wildman–Crippen MR) is 106 cm³/mol. The average Bonchev–Trinajstić information content (AvgIpc) is 3.23. The molecule has 0 saturated carbocycles. The van der Waals surface area contributed by atoms with Crippen LogP contribution < -0.4 is 10.0 Å². The van der Waals surface area contributed by atoms with E-state index in [-0.39, 0.29) is 10.6 Å². The van der Waals surface area contributed by atoms with Gasteiger partial charge < -0.3 is 10.1 Å². The van der Waals surface area contributed by atoms with E-state index in [2.05, 4.69) is 25.0 Å². The molecule has 0 fully saturated rings. The number of aromatic amines is 1. The molecule has 3 rings (SSSR count). The van der Waals surface area contributed by atoms with Crippen LogP contribution in [0.3, 0.4) is 0 Å². The van der Waals surface area contributed by atoms with Gasteiger partial charge in [-0.15, -0.1) is 0 Å². The number of hydrogen-bond donors (Lipinski definition) is 3. The largest absolute Gasteiger partial charge is 0.468 e. The van der Waals surface area contributed by atoms with E-state index in [9.17, 15) is 18.0 Å². The zero-order valence-electron chi connectivity index (χ0n) is 15.4. The molecule has 1 aromatic heterocycles. The van der Waals surface area contributed by atoms with Crippen molar-refractivity contribution in [2.45, 2.75) is 4.90 Å². The fourth-order valence-electron chi connectivity index (χ4n) is 2.42. The van der Waals surface area contributed by atoms with Crippen molar-refractivity contribution in [1.29, 1.82) is 0 Å². The van der Waals surface area contributed by atoms with Gasteiger partial charge >= 0.3 is 5.97 Å². The summed E-state index contributed by atoms with van der Waals surface area (Å²) in [4.78, 5) is 23.4. The van der Waals surface area contributed by atoms with Crippen molar-refractivity contribution in [3.8, 4) is 11.3 Å². The Morgan fingerprint density at radius 1 is 1.07 bits per heavy atom. The topological polar surface area (TPSA) is 130 Å². The van der Waals surface area contributed by atoms with E-state index < -0.39 is 28.4 Å². The molecule has 0 unspecified atom stereocenters. The van der Waals surface area contributed by atoms with E-state index in [4.69, 9.17) is 0 Å². The Hall–Kier alpha value is -3.50. The smallest absolute Gasteiger partial charge is 0.320 e. The first-order chi connectivity index (χ1) is 13.9. The fourth-order valence-corrected chi connectivity index (χ4v) is 3.39. The standard InChI is InChI=1S/C19H18N4O5S/c1-28-18(24)12-20-29(26,27)15-9-7-14(8-10-15)21-19(25)17-11-16(22-23-17)13-5-3-2-4-6-13/h2-11,20H,12H2,1H3,(H,21,25)(H,22,23). The van der Waals surface area contributed by atoms with Crippen LogP contribution in [0.15, 0.2) is 65.6 Å². The summed E-state index contributed by atoms with van der Waals surface area (Å²) in [6.45, 7) is -0.471. The number of sulfonamides is 1. The minimum atomic E-state index is -3.87. The van der Waals surface area contributed by atoms with Gasteiger partial charge in [0.05, 0.1) is 17.7 Å². The number of hydrogen-bond acceptors (Lipinski definition) is 6. The molecule has 0 radical (unpaired) electrons. The molecule has 10 heteroatoms. The quantitative estimate of drug-likeness (QED) is 0.505. The maximum Gasteiger partial charge on any atom is 0.320 e.